The van der Waals surface area contributed by atoms with Gasteiger partial charge >= 0.3 is 5.97 Å². The summed E-state index contributed by atoms with van der Waals surface area (Å²) in [5.74, 6) is -2.23. The number of anilines is 1. The number of halogens is 2. The van der Waals surface area contributed by atoms with Crippen LogP contribution in [0, 0.1) is 17.6 Å². The smallest absolute Gasteiger partial charge is 0.326 e. The van der Waals surface area contributed by atoms with Gasteiger partial charge in [0.05, 0.1) is 5.39 Å². The van der Waals surface area contributed by atoms with Gasteiger partial charge in [-0.2, -0.15) is 0 Å². The molecular formula is C15H16F2N2O2. The quantitative estimate of drug-likeness (QED) is 0.887. The highest BCUT2D eigenvalue weighted by Crippen LogP contribution is 2.26. The number of rotatable bonds is 5. The van der Waals surface area contributed by atoms with Crippen LogP contribution in [0.15, 0.2) is 24.4 Å². The molecule has 1 atom stereocenters. The fraction of sp³-hybridized carbons (Fsp3) is 0.333. The van der Waals surface area contributed by atoms with Gasteiger partial charge in [-0.1, -0.05) is 13.8 Å². The Labute approximate surface area is 120 Å². The van der Waals surface area contributed by atoms with Crippen molar-refractivity contribution in [1.29, 1.82) is 0 Å². The van der Waals surface area contributed by atoms with E-state index in [9.17, 15) is 18.7 Å². The number of carboxylic acid groups (broad SMARTS) is 1. The van der Waals surface area contributed by atoms with E-state index in [2.05, 4.69) is 10.3 Å². The predicted octanol–water partition coefficient (Wildman–Crippen LogP) is 3.42. The fourth-order valence-electron chi connectivity index (χ4n) is 2.20. The largest absolute Gasteiger partial charge is 0.480 e. The molecule has 1 aromatic carbocycles. The van der Waals surface area contributed by atoms with Crippen molar-refractivity contribution in [3.8, 4) is 0 Å². The Bertz CT molecular complexity index is 674. The summed E-state index contributed by atoms with van der Waals surface area (Å²) >= 11 is 0. The van der Waals surface area contributed by atoms with E-state index in [1.807, 2.05) is 13.8 Å². The fourth-order valence-corrected chi connectivity index (χ4v) is 2.20. The minimum atomic E-state index is -1.04. The molecule has 0 saturated carbocycles. The van der Waals surface area contributed by atoms with Gasteiger partial charge < -0.3 is 10.4 Å². The lowest BCUT2D eigenvalue weighted by molar-refractivity contribution is -0.138. The van der Waals surface area contributed by atoms with Crippen molar-refractivity contribution < 1.29 is 18.7 Å². The van der Waals surface area contributed by atoms with Gasteiger partial charge in [-0.25, -0.2) is 18.6 Å². The number of benzene rings is 1. The van der Waals surface area contributed by atoms with Crippen LogP contribution in [-0.4, -0.2) is 22.1 Å². The average Bonchev–Trinajstić information content (AvgIpc) is 2.36. The van der Waals surface area contributed by atoms with Crippen molar-refractivity contribution >= 4 is 22.6 Å². The normalized spacial score (nSPS) is 12.6. The van der Waals surface area contributed by atoms with Crippen molar-refractivity contribution in [2.45, 2.75) is 26.3 Å². The standard InChI is InChI=1S/C15H16F2N2O2/c1-8(2)5-12(15(20)21)19-14-13-9(3-4-18-14)6-10(16)7-11(13)17/h3-4,6-8,12H,5H2,1-2H3,(H,18,19)(H,20,21). The molecule has 0 aliphatic carbocycles. The lowest BCUT2D eigenvalue weighted by Crippen LogP contribution is -2.31. The molecule has 0 amide bonds. The molecule has 2 N–H and O–H groups in total. The first-order chi connectivity index (χ1) is 9.88. The van der Waals surface area contributed by atoms with Gasteiger partial charge in [0, 0.05) is 12.3 Å². The molecule has 0 fully saturated rings. The maximum absolute atomic E-state index is 14.0. The zero-order valence-corrected chi connectivity index (χ0v) is 11.7. The third kappa shape index (κ3) is 3.45. The molecule has 1 aromatic heterocycles. The monoisotopic (exact) mass is 294 g/mol. The highest BCUT2D eigenvalue weighted by atomic mass is 19.1. The first kappa shape index (κ1) is 15.2. The number of fused-ring (bicyclic) bond motifs is 1. The molecule has 1 unspecified atom stereocenters. The molecule has 0 radical (unpaired) electrons. The molecule has 4 nitrogen and oxygen atoms in total. The van der Waals surface area contributed by atoms with Gasteiger partial charge in [-0.15, -0.1) is 0 Å². The molecular weight excluding hydrogens is 278 g/mol. The van der Waals surface area contributed by atoms with E-state index in [1.54, 1.807) is 0 Å². The van der Waals surface area contributed by atoms with Gasteiger partial charge in [0.15, 0.2) is 0 Å². The highest BCUT2D eigenvalue weighted by Gasteiger charge is 2.21. The summed E-state index contributed by atoms with van der Waals surface area (Å²) in [5, 5.41) is 12.4. The second kappa shape index (κ2) is 6.03. The maximum atomic E-state index is 14.0. The molecule has 2 aromatic rings. The number of hydrogen-bond acceptors (Lipinski definition) is 3. The van der Waals surface area contributed by atoms with E-state index in [1.165, 1.54) is 18.3 Å². The van der Waals surface area contributed by atoms with E-state index < -0.39 is 23.6 Å². The summed E-state index contributed by atoms with van der Waals surface area (Å²) in [6.45, 7) is 3.79. The maximum Gasteiger partial charge on any atom is 0.326 e. The van der Waals surface area contributed by atoms with Crippen LogP contribution in [0.1, 0.15) is 20.3 Å². The molecule has 112 valence electrons. The van der Waals surface area contributed by atoms with Crippen LogP contribution < -0.4 is 5.32 Å². The summed E-state index contributed by atoms with van der Waals surface area (Å²) in [5.41, 5.74) is 0. The number of nitrogens with one attached hydrogen (secondary N) is 1. The number of pyridine rings is 1. The molecule has 21 heavy (non-hydrogen) atoms. The van der Waals surface area contributed by atoms with Crippen molar-refractivity contribution in [2.24, 2.45) is 5.92 Å². The SMILES string of the molecule is CC(C)CC(Nc1nccc2cc(F)cc(F)c12)C(=O)O. The topological polar surface area (TPSA) is 62.2 Å². The van der Waals surface area contributed by atoms with E-state index in [0.29, 0.717) is 11.8 Å². The van der Waals surface area contributed by atoms with Crippen LogP contribution in [0.25, 0.3) is 10.8 Å². The van der Waals surface area contributed by atoms with Crippen LogP contribution in [-0.2, 0) is 4.79 Å². The van der Waals surface area contributed by atoms with E-state index >= 15 is 0 Å². The number of carboxylic acids is 1. The second-order valence-corrected chi connectivity index (χ2v) is 5.31. The van der Waals surface area contributed by atoms with Crippen molar-refractivity contribution in [3.63, 3.8) is 0 Å². The van der Waals surface area contributed by atoms with Gasteiger partial charge in [-0.3, -0.25) is 0 Å². The molecule has 0 saturated heterocycles. The second-order valence-electron chi connectivity index (χ2n) is 5.31. The summed E-state index contributed by atoms with van der Waals surface area (Å²) < 4.78 is 27.2. The molecule has 6 heteroatoms. The summed E-state index contributed by atoms with van der Waals surface area (Å²) in [4.78, 5) is 15.3. The molecule has 1 heterocycles. The third-order valence-corrected chi connectivity index (χ3v) is 3.10. The van der Waals surface area contributed by atoms with Gasteiger partial charge in [0.2, 0.25) is 0 Å². The number of hydrogen-bond donors (Lipinski definition) is 2. The van der Waals surface area contributed by atoms with Crippen LogP contribution in [0.3, 0.4) is 0 Å². The predicted molar refractivity (Wildman–Crippen MR) is 76.2 cm³/mol. The Morgan fingerprint density at radius 1 is 1.38 bits per heavy atom. The molecule has 0 bridgehead atoms. The van der Waals surface area contributed by atoms with Gasteiger partial charge in [-0.05, 0) is 29.9 Å². The molecule has 2 rings (SSSR count). The van der Waals surface area contributed by atoms with Gasteiger partial charge in [0.25, 0.3) is 0 Å². The van der Waals surface area contributed by atoms with Crippen molar-refractivity contribution in [1.82, 2.24) is 4.98 Å². The first-order valence-electron chi connectivity index (χ1n) is 6.61. The minimum Gasteiger partial charge on any atom is -0.480 e. The Morgan fingerprint density at radius 3 is 2.71 bits per heavy atom. The van der Waals surface area contributed by atoms with Crippen molar-refractivity contribution in [3.05, 3.63) is 36.0 Å². The number of aliphatic carboxylic acids is 1. The van der Waals surface area contributed by atoms with E-state index in [0.717, 1.165) is 6.07 Å². The highest BCUT2D eigenvalue weighted by molar-refractivity contribution is 5.93. The summed E-state index contributed by atoms with van der Waals surface area (Å²) in [6, 6.07) is 2.54. The molecule has 0 aliphatic heterocycles. The average molecular weight is 294 g/mol. The Morgan fingerprint density at radius 2 is 2.10 bits per heavy atom. The first-order valence-corrected chi connectivity index (χ1v) is 6.61. The zero-order valence-electron chi connectivity index (χ0n) is 11.7. The van der Waals surface area contributed by atoms with Crippen LogP contribution >= 0.6 is 0 Å². The van der Waals surface area contributed by atoms with Crippen molar-refractivity contribution in [2.75, 3.05) is 5.32 Å². The van der Waals surface area contributed by atoms with Gasteiger partial charge in [0.1, 0.15) is 23.5 Å². The summed E-state index contributed by atoms with van der Waals surface area (Å²) in [7, 11) is 0. The van der Waals surface area contributed by atoms with Crippen LogP contribution in [0.4, 0.5) is 14.6 Å². The zero-order chi connectivity index (χ0) is 15.6. The van der Waals surface area contributed by atoms with Crippen LogP contribution in [0.2, 0.25) is 0 Å². The Hall–Kier alpha value is -2.24. The minimum absolute atomic E-state index is 0.0916. The van der Waals surface area contributed by atoms with Crippen LogP contribution in [0.5, 0.6) is 0 Å². The number of aromatic nitrogens is 1. The lowest BCUT2D eigenvalue weighted by Gasteiger charge is -2.18. The Kier molecular flexibility index (Phi) is 4.35. The molecule has 0 aliphatic rings. The molecule has 0 spiro atoms. The van der Waals surface area contributed by atoms with E-state index in [-0.39, 0.29) is 17.1 Å². The lowest BCUT2D eigenvalue weighted by atomic mass is 10.0. The Balaban J connectivity index is 2.44. The number of nitrogens with zero attached hydrogens (tertiary/aromatic N) is 1. The van der Waals surface area contributed by atoms with E-state index in [4.69, 9.17) is 0 Å². The summed E-state index contributed by atoms with van der Waals surface area (Å²) in [6.07, 6.45) is 1.76. The number of carbonyl (C=O) groups is 1. The third-order valence-electron chi connectivity index (χ3n) is 3.10.